The number of aromatic nitrogens is 3. The van der Waals surface area contributed by atoms with Crippen molar-refractivity contribution < 1.29 is 9.59 Å². The lowest BCUT2D eigenvalue weighted by atomic mass is 10.0. The first-order valence-electron chi connectivity index (χ1n) is 12.7. The van der Waals surface area contributed by atoms with Crippen LogP contribution in [0.1, 0.15) is 66.1 Å². The van der Waals surface area contributed by atoms with Crippen molar-refractivity contribution in [2.75, 3.05) is 11.9 Å². The zero-order valence-corrected chi connectivity index (χ0v) is 20.6. The van der Waals surface area contributed by atoms with Crippen molar-refractivity contribution in [2.24, 2.45) is 0 Å². The smallest absolute Gasteiger partial charge is 0.298 e. The second-order valence-corrected chi connectivity index (χ2v) is 9.63. The number of carbonyl (C=O) groups excluding carboxylic acids is 2. The van der Waals surface area contributed by atoms with E-state index in [9.17, 15) is 9.59 Å². The normalized spacial score (nSPS) is 16.9. The van der Waals surface area contributed by atoms with Crippen LogP contribution in [0.4, 0.5) is 5.82 Å². The Kier molecular flexibility index (Phi) is 5.93. The molecule has 1 unspecified atom stereocenters. The van der Waals surface area contributed by atoms with E-state index in [-0.39, 0.29) is 17.9 Å². The van der Waals surface area contributed by atoms with E-state index in [2.05, 4.69) is 33.2 Å². The molecule has 7 nitrogen and oxygen atoms in total. The van der Waals surface area contributed by atoms with Gasteiger partial charge in [0.1, 0.15) is 5.82 Å². The van der Waals surface area contributed by atoms with Gasteiger partial charge >= 0.3 is 0 Å². The lowest BCUT2D eigenvalue weighted by molar-refractivity contribution is -0.125. The highest BCUT2D eigenvalue weighted by atomic mass is 16.2. The van der Waals surface area contributed by atoms with Gasteiger partial charge in [-0.3, -0.25) is 9.59 Å². The molecule has 1 N–H and O–H groups in total. The van der Waals surface area contributed by atoms with Gasteiger partial charge in [0.15, 0.2) is 0 Å². The standard InChI is InChI=1S/C30H27N5O2/c1-2-4-29(36)34-16-3-5-25(34)24-18-27(35-19-31-14-13-26(24)35)21-8-10-22(11-9-21)30(37)33-28-17-23(12-15-32-28)20-6-7-20/h8-15,17-20,25H,3,5-7,16H2,1H3,(H,32,33,37). The van der Waals surface area contributed by atoms with Crippen molar-refractivity contribution in [1.29, 1.82) is 0 Å². The number of nitrogens with zero attached hydrogens (tertiary/aromatic N) is 4. The summed E-state index contributed by atoms with van der Waals surface area (Å²) >= 11 is 0. The van der Waals surface area contributed by atoms with E-state index in [0.29, 0.717) is 23.8 Å². The van der Waals surface area contributed by atoms with Gasteiger partial charge in [0.2, 0.25) is 0 Å². The molecule has 0 spiro atoms. The van der Waals surface area contributed by atoms with Crippen molar-refractivity contribution >= 4 is 23.1 Å². The van der Waals surface area contributed by atoms with Crippen molar-refractivity contribution in [3.8, 4) is 23.1 Å². The molecular weight excluding hydrogens is 462 g/mol. The topological polar surface area (TPSA) is 79.6 Å². The van der Waals surface area contributed by atoms with Crippen LogP contribution in [0.2, 0.25) is 0 Å². The van der Waals surface area contributed by atoms with Crippen LogP contribution in [0.5, 0.6) is 0 Å². The number of fused-ring (bicyclic) bond motifs is 1. The minimum absolute atomic E-state index is 0.0246. The molecule has 1 aliphatic carbocycles. The van der Waals surface area contributed by atoms with E-state index in [1.54, 1.807) is 25.6 Å². The third-order valence-corrected chi connectivity index (χ3v) is 7.23. The van der Waals surface area contributed by atoms with Crippen LogP contribution in [-0.2, 0) is 4.79 Å². The molecule has 1 aromatic carbocycles. The fourth-order valence-electron chi connectivity index (χ4n) is 5.25. The number of likely N-dealkylation sites (tertiary alicyclic amines) is 1. The van der Waals surface area contributed by atoms with Crippen molar-refractivity contribution in [2.45, 2.75) is 44.6 Å². The number of carbonyl (C=O) groups is 2. The molecule has 1 saturated heterocycles. The zero-order valence-electron chi connectivity index (χ0n) is 20.6. The highest BCUT2D eigenvalue weighted by Crippen LogP contribution is 2.40. The first kappa shape index (κ1) is 23.0. The number of anilines is 1. The molecule has 0 bridgehead atoms. The number of pyridine rings is 1. The van der Waals surface area contributed by atoms with Gasteiger partial charge in [-0.05, 0) is 92.0 Å². The Morgan fingerprint density at radius 1 is 1.03 bits per heavy atom. The van der Waals surface area contributed by atoms with Crippen LogP contribution >= 0.6 is 0 Å². The summed E-state index contributed by atoms with van der Waals surface area (Å²) in [4.78, 5) is 36.0. The summed E-state index contributed by atoms with van der Waals surface area (Å²) in [5, 5.41) is 2.92. The van der Waals surface area contributed by atoms with Crippen LogP contribution in [-0.4, -0.2) is 37.6 Å². The van der Waals surface area contributed by atoms with Gasteiger partial charge in [-0.2, -0.15) is 0 Å². The Balaban J connectivity index is 1.28. The molecule has 37 heavy (non-hydrogen) atoms. The maximum Gasteiger partial charge on any atom is 0.298 e. The molecule has 2 fully saturated rings. The first-order chi connectivity index (χ1) is 18.1. The maximum absolute atomic E-state index is 12.9. The molecule has 6 rings (SSSR count). The van der Waals surface area contributed by atoms with Gasteiger partial charge in [-0.15, -0.1) is 0 Å². The highest BCUT2D eigenvalue weighted by molar-refractivity contribution is 6.04. The minimum atomic E-state index is -0.188. The van der Waals surface area contributed by atoms with E-state index in [1.165, 1.54) is 18.4 Å². The molecule has 2 aliphatic rings. The molecule has 0 radical (unpaired) electrons. The maximum atomic E-state index is 12.9. The van der Waals surface area contributed by atoms with Crippen LogP contribution < -0.4 is 5.32 Å². The molecule has 184 valence electrons. The Labute approximate surface area is 215 Å². The van der Waals surface area contributed by atoms with Crippen molar-refractivity contribution in [1.82, 2.24) is 19.3 Å². The second kappa shape index (κ2) is 9.55. The predicted octanol–water partition coefficient (Wildman–Crippen LogP) is 5.21. The summed E-state index contributed by atoms with van der Waals surface area (Å²) in [5.74, 6) is 6.29. The van der Waals surface area contributed by atoms with Gasteiger partial charge in [-0.25, -0.2) is 9.97 Å². The molecule has 1 atom stereocenters. The second-order valence-electron chi connectivity index (χ2n) is 9.63. The lowest BCUT2D eigenvalue weighted by Crippen LogP contribution is -2.29. The largest absolute Gasteiger partial charge is 0.325 e. The number of amides is 2. The molecule has 1 aliphatic heterocycles. The Morgan fingerprint density at radius 2 is 1.86 bits per heavy atom. The summed E-state index contributed by atoms with van der Waals surface area (Å²) in [6.07, 6.45) is 9.56. The lowest BCUT2D eigenvalue weighted by Gasteiger charge is -2.22. The quantitative estimate of drug-likeness (QED) is 0.390. The third kappa shape index (κ3) is 4.47. The van der Waals surface area contributed by atoms with Crippen LogP contribution in [0.15, 0.2) is 67.3 Å². The van der Waals surface area contributed by atoms with Crippen LogP contribution in [0.3, 0.4) is 0 Å². The van der Waals surface area contributed by atoms with E-state index >= 15 is 0 Å². The third-order valence-electron chi connectivity index (χ3n) is 7.23. The Morgan fingerprint density at radius 3 is 2.65 bits per heavy atom. The van der Waals surface area contributed by atoms with E-state index in [0.717, 1.165) is 35.2 Å². The van der Waals surface area contributed by atoms with Crippen LogP contribution in [0.25, 0.3) is 16.8 Å². The van der Waals surface area contributed by atoms with Crippen LogP contribution in [0, 0.1) is 11.8 Å². The van der Waals surface area contributed by atoms with Gasteiger partial charge in [0.25, 0.3) is 11.8 Å². The predicted molar refractivity (Wildman–Crippen MR) is 142 cm³/mol. The molecule has 3 aromatic heterocycles. The van der Waals surface area contributed by atoms with E-state index in [4.69, 9.17) is 0 Å². The van der Waals surface area contributed by atoms with Gasteiger partial charge in [0, 0.05) is 30.1 Å². The Hall–Kier alpha value is -4.44. The average Bonchev–Trinajstić information content (AvgIpc) is 3.54. The number of benzene rings is 1. The average molecular weight is 490 g/mol. The zero-order chi connectivity index (χ0) is 25.4. The molecule has 7 heteroatoms. The summed E-state index contributed by atoms with van der Waals surface area (Å²) < 4.78 is 2.05. The van der Waals surface area contributed by atoms with Gasteiger partial charge in [-0.1, -0.05) is 18.1 Å². The van der Waals surface area contributed by atoms with Gasteiger partial charge < -0.3 is 14.6 Å². The number of hydrogen-bond acceptors (Lipinski definition) is 4. The van der Waals surface area contributed by atoms with Crippen molar-refractivity contribution in [3.05, 3.63) is 83.9 Å². The first-order valence-corrected chi connectivity index (χ1v) is 12.7. The SMILES string of the molecule is CC#CC(=O)N1CCCC1c1cc(-c2ccc(C(=O)Nc3cc(C4CC4)ccn3)cc2)n2cnccc12. The fourth-order valence-corrected chi connectivity index (χ4v) is 5.25. The molecule has 2 amide bonds. The van der Waals surface area contributed by atoms with Gasteiger partial charge in [0.05, 0.1) is 23.6 Å². The van der Waals surface area contributed by atoms with E-state index in [1.807, 2.05) is 51.8 Å². The molecule has 4 heterocycles. The summed E-state index contributed by atoms with van der Waals surface area (Å²) in [6.45, 7) is 2.39. The molecule has 4 aromatic rings. The fraction of sp³-hybridized carbons (Fsp3) is 0.267. The monoisotopic (exact) mass is 489 g/mol. The number of nitrogens with one attached hydrogen (secondary N) is 1. The number of hydrogen-bond donors (Lipinski definition) is 1. The minimum Gasteiger partial charge on any atom is -0.325 e. The summed E-state index contributed by atoms with van der Waals surface area (Å²) in [5.41, 5.74) is 5.82. The Bertz CT molecular complexity index is 1560. The summed E-state index contributed by atoms with van der Waals surface area (Å²) in [6, 6.07) is 15.6. The van der Waals surface area contributed by atoms with Crippen molar-refractivity contribution in [3.63, 3.8) is 0 Å². The highest BCUT2D eigenvalue weighted by Gasteiger charge is 2.31. The number of rotatable bonds is 5. The molecular formula is C30H27N5O2. The summed E-state index contributed by atoms with van der Waals surface area (Å²) in [7, 11) is 0. The van der Waals surface area contributed by atoms with E-state index < -0.39 is 0 Å². The molecule has 1 saturated carbocycles.